The van der Waals surface area contributed by atoms with Crippen LogP contribution >= 0.6 is 11.8 Å². The van der Waals surface area contributed by atoms with E-state index in [4.69, 9.17) is 0 Å². The summed E-state index contributed by atoms with van der Waals surface area (Å²) in [6, 6.07) is 16.8. The van der Waals surface area contributed by atoms with E-state index in [1.807, 2.05) is 36.4 Å². The van der Waals surface area contributed by atoms with E-state index in [9.17, 15) is 9.18 Å². The molecule has 2 nitrogen and oxygen atoms in total. The van der Waals surface area contributed by atoms with Gasteiger partial charge < -0.3 is 5.32 Å². The van der Waals surface area contributed by atoms with Gasteiger partial charge in [0.05, 0.1) is 0 Å². The number of carbonyl (C=O) groups excluding carboxylic acids is 1. The third kappa shape index (κ3) is 6.06. The molecule has 1 atom stereocenters. The number of amides is 1. The fourth-order valence-corrected chi connectivity index (χ4v) is 3.15. The van der Waals surface area contributed by atoms with Crippen molar-refractivity contribution in [1.29, 1.82) is 0 Å². The van der Waals surface area contributed by atoms with Crippen molar-refractivity contribution in [3.8, 4) is 0 Å². The third-order valence-corrected chi connectivity index (χ3v) is 4.65. The fraction of sp³-hybridized carbons (Fsp3) is 0.316. The van der Waals surface area contributed by atoms with E-state index in [1.165, 1.54) is 11.6 Å². The highest BCUT2D eigenvalue weighted by Crippen LogP contribution is 2.18. The van der Waals surface area contributed by atoms with Gasteiger partial charge in [-0.1, -0.05) is 55.5 Å². The molecule has 1 amide bonds. The lowest BCUT2D eigenvalue weighted by molar-refractivity contribution is -0.121. The zero-order valence-electron chi connectivity index (χ0n) is 13.3. The Morgan fingerprint density at radius 3 is 2.57 bits per heavy atom. The second-order valence-corrected chi connectivity index (χ2v) is 6.61. The molecule has 4 heteroatoms. The molecule has 2 aromatic carbocycles. The van der Waals surface area contributed by atoms with Crippen LogP contribution in [0, 0.1) is 5.82 Å². The van der Waals surface area contributed by atoms with Gasteiger partial charge in [-0.2, -0.15) is 11.8 Å². The predicted octanol–water partition coefficient (Wildman–Crippen LogP) is 4.37. The zero-order chi connectivity index (χ0) is 16.5. The normalized spacial score (nSPS) is 11.9. The Labute approximate surface area is 141 Å². The van der Waals surface area contributed by atoms with Crippen molar-refractivity contribution in [1.82, 2.24) is 5.32 Å². The minimum Gasteiger partial charge on any atom is -0.355 e. The van der Waals surface area contributed by atoms with Crippen LogP contribution in [0.1, 0.15) is 30.4 Å². The number of hydrogen-bond acceptors (Lipinski definition) is 2. The van der Waals surface area contributed by atoms with Gasteiger partial charge in [0, 0.05) is 24.5 Å². The van der Waals surface area contributed by atoms with Crippen molar-refractivity contribution in [2.24, 2.45) is 0 Å². The molecule has 0 aliphatic rings. The van der Waals surface area contributed by atoms with E-state index >= 15 is 0 Å². The minimum absolute atomic E-state index is 0.0628. The van der Waals surface area contributed by atoms with Crippen molar-refractivity contribution < 1.29 is 9.18 Å². The number of hydrogen-bond donors (Lipinski definition) is 1. The first-order chi connectivity index (χ1) is 11.2. The minimum atomic E-state index is -0.166. The highest BCUT2D eigenvalue weighted by Gasteiger charge is 2.10. The summed E-state index contributed by atoms with van der Waals surface area (Å²) >= 11 is 1.62. The molecule has 0 spiro atoms. The molecule has 2 rings (SSSR count). The molecule has 0 saturated carbocycles. The summed E-state index contributed by atoms with van der Waals surface area (Å²) in [7, 11) is 0. The highest BCUT2D eigenvalue weighted by atomic mass is 32.2. The van der Waals surface area contributed by atoms with Crippen LogP contribution in [0.4, 0.5) is 4.39 Å². The lowest BCUT2D eigenvalue weighted by Crippen LogP contribution is -2.26. The summed E-state index contributed by atoms with van der Waals surface area (Å²) in [5.74, 6) is 1.51. The summed E-state index contributed by atoms with van der Waals surface area (Å²) in [5.41, 5.74) is 1.89. The Hall–Kier alpha value is -1.81. The van der Waals surface area contributed by atoms with Crippen molar-refractivity contribution in [2.45, 2.75) is 25.0 Å². The van der Waals surface area contributed by atoms with Gasteiger partial charge in [-0.15, -0.1) is 0 Å². The number of rotatable bonds is 8. The van der Waals surface area contributed by atoms with Crippen LogP contribution in [0.2, 0.25) is 0 Å². The Morgan fingerprint density at radius 1 is 1.13 bits per heavy atom. The lowest BCUT2D eigenvalue weighted by atomic mass is 9.98. The number of nitrogens with one attached hydrogen (secondary N) is 1. The van der Waals surface area contributed by atoms with Crippen LogP contribution in [0.5, 0.6) is 0 Å². The molecule has 0 saturated heterocycles. The molecule has 2 aromatic rings. The van der Waals surface area contributed by atoms with Crippen LogP contribution in [0.3, 0.4) is 0 Å². The van der Waals surface area contributed by atoms with Crippen molar-refractivity contribution in [3.63, 3.8) is 0 Å². The van der Waals surface area contributed by atoms with E-state index in [1.54, 1.807) is 23.9 Å². The first-order valence-electron chi connectivity index (χ1n) is 7.79. The molecule has 1 N–H and O–H groups in total. The fourth-order valence-electron chi connectivity index (χ4n) is 2.31. The number of thioether (sulfide) groups is 1. The molecular formula is C19H22FNOS. The highest BCUT2D eigenvalue weighted by molar-refractivity contribution is 7.98. The largest absolute Gasteiger partial charge is 0.355 e. The van der Waals surface area contributed by atoms with E-state index in [0.717, 1.165) is 5.75 Å². The zero-order valence-corrected chi connectivity index (χ0v) is 14.1. The van der Waals surface area contributed by atoms with Crippen LogP contribution in [-0.4, -0.2) is 18.2 Å². The molecule has 0 radical (unpaired) electrons. The first-order valence-corrected chi connectivity index (χ1v) is 8.95. The van der Waals surface area contributed by atoms with E-state index in [2.05, 4.69) is 12.2 Å². The second-order valence-electron chi connectivity index (χ2n) is 5.51. The van der Waals surface area contributed by atoms with Gasteiger partial charge in [0.2, 0.25) is 5.91 Å². The SMILES string of the molecule is CC(CC(=O)NCCSCc1ccccc1F)c1ccccc1. The molecule has 0 bridgehead atoms. The lowest BCUT2D eigenvalue weighted by Gasteiger charge is -2.12. The van der Waals surface area contributed by atoms with Crippen LogP contribution in [-0.2, 0) is 10.5 Å². The molecule has 0 aromatic heterocycles. The van der Waals surface area contributed by atoms with Crippen molar-refractivity contribution in [2.75, 3.05) is 12.3 Å². The molecule has 0 heterocycles. The van der Waals surface area contributed by atoms with Gasteiger partial charge in [0.25, 0.3) is 0 Å². The van der Waals surface area contributed by atoms with Crippen molar-refractivity contribution in [3.05, 3.63) is 71.5 Å². The summed E-state index contributed by atoms with van der Waals surface area (Å²) in [6.07, 6.45) is 0.488. The van der Waals surface area contributed by atoms with E-state index in [-0.39, 0.29) is 17.6 Å². The van der Waals surface area contributed by atoms with Gasteiger partial charge in [0.15, 0.2) is 0 Å². The van der Waals surface area contributed by atoms with E-state index < -0.39 is 0 Å². The van der Waals surface area contributed by atoms with Crippen molar-refractivity contribution >= 4 is 17.7 Å². The Morgan fingerprint density at radius 2 is 1.83 bits per heavy atom. The van der Waals surface area contributed by atoms with Gasteiger partial charge in [-0.3, -0.25) is 4.79 Å². The molecule has 0 aliphatic carbocycles. The van der Waals surface area contributed by atoms with Crippen LogP contribution in [0.15, 0.2) is 54.6 Å². The number of halogens is 1. The second kappa shape index (κ2) is 9.36. The summed E-state index contributed by atoms with van der Waals surface area (Å²) in [4.78, 5) is 11.9. The average Bonchev–Trinajstić information content (AvgIpc) is 2.57. The summed E-state index contributed by atoms with van der Waals surface area (Å²) < 4.78 is 13.4. The average molecular weight is 331 g/mol. The Bertz CT molecular complexity index is 618. The monoisotopic (exact) mass is 331 g/mol. The smallest absolute Gasteiger partial charge is 0.220 e. The third-order valence-electron chi connectivity index (χ3n) is 3.64. The Kier molecular flexibility index (Phi) is 7.14. The maximum Gasteiger partial charge on any atom is 0.220 e. The predicted molar refractivity (Wildman–Crippen MR) is 95.0 cm³/mol. The molecule has 122 valence electrons. The molecule has 23 heavy (non-hydrogen) atoms. The number of carbonyl (C=O) groups is 1. The van der Waals surface area contributed by atoms with Gasteiger partial charge in [0.1, 0.15) is 5.82 Å². The maximum atomic E-state index is 13.4. The van der Waals surface area contributed by atoms with Gasteiger partial charge in [-0.05, 0) is 23.1 Å². The molecular weight excluding hydrogens is 309 g/mol. The van der Waals surface area contributed by atoms with Crippen LogP contribution < -0.4 is 5.32 Å². The maximum absolute atomic E-state index is 13.4. The van der Waals surface area contributed by atoms with E-state index in [0.29, 0.717) is 24.3 Å². The van der Waals surface area contributed by atoms with Gasteiger partial charge in [-0.25, -0.2) is 4.39 Å². The summed E-state index contributed by atoms with van der Waals surface area (Å²) in [6.45, 7) is 2.67. The quantitative estimate of drug-likeness (QED) is 0.728. The first kappa shape index (κ1) is 17.5. The summed E-state index contributed by atoms with van der Waals surface area (Å²) in [5, 5.41) is 2.93. The van der Waals surface area contributed by atoms with Crippen LogP contribution in [0.25, 0.3) is 0 Å². The molecule has 0 fully saturated rings. The number of benzene rings is 2. The standard InChI is InChI=1S/C19H22FNOS/c1-15(16-7-3-2-4-8-16)13-19(22)21-11-12-23-14-17-9-5-6-10-18(17)20/h2-10,15H,11-14H2,1H3,(H,21,22). The Balaban J connectivity index is 1.63. The molecule has 1 unspecified atom stereocenters. The van der Waals surface area contributed by atoms with Gasteiger partial charge >= 0.3 is 0 Å². The molecule has 0 aliphatic heterocycles. The topological polar surface area (TPSA) is 29.1 Å².